The van der Waals surface area contributed by atoms with Crippen molar-refractivity contribution in [3.8, 4) is 5.75 Å². The number of thioether (sulfide) groups is 1. The number of aliphatic hydroxyl groups is 2. The number of benzene rings is 1. The van der Waals surface area contributed by atoms with Crippen molar-refractivity contribution in [2.45, 2.75) is 42.4 Å². The summed E-state index contributed by atoms with van der Waals surface area (Å²) < 4.78 is 6.74. The van der Waals surface area contributed by atoms with E-state index in [0.29, 0.717) is 22.8 Å². The standard InChI is InChI=1S/C26H33ClN2O3S2/c1-32-19-5-6-22-20(16-19)25(21(27)17-28-22)23(31)7-8-26(18-30)9-12-29(13-10-26)11-3-15-34-24-4-2-14-33-24/h2,4-6,14,16-17,23,30-31H,3,7-13,15,18H2,1H3/t23-/m0/s1. The summed E-state index contributed by atoms with van der Waals surface area (Å²) in [6.07, 6.45) is 5.27. The molecule has 0 saturated carbocycles. The molecule has 184 valence electrons. The average molecular weight is 521 g/mol. The number of halogens is 1. The minimum atomic E-state index is -0.721. The second-order valence-corrected chi connectivity index (χ2v) is 11.8. The maximum atomic E-state index is 11.1. The topological polar surface area (TPSA) is 65.8 Å². The Kier molecular flexibility index (Phi) is 9.13. The van der Waals surface area contributed by atoms with Crippen molar-refractivity contribution < 1.29 is 14.9 Å². The number of hydrogen-bond donors (Lipinski definition) is 2. The first-order valence-corrected chi connectivity index (χ1v) is 14.1. The molecule has 0 unspecified atom stereocenters. The molecular formula is C26H33ClN2O3S2. The third-order valence-corrected chi connectivity index (χ3v) is 9.48. The van der Waals surface area contributed by atoms with Crippen molar-refractivity contribution in [1.82, 2.24) is 9.88 Å². The zero-order chi connectivity index (χ0) is 24.0. The van der Waals surface area contributed by atoms with Gasteiger partial charge in [-0.25, -0.2) is 0 Å². The van der Waals surface area contributed by atoms with Crippen LogP contribution in [0.15, 0.2) is 46.1 Å². The highest BCUT2D eigenvalue weighted by molar-refractivity contribution is 8.01. The van der Waals surface area contributed by atoms with Gasteiger partial charge in [-0.1, -0.05) is 17.7 Å². The molecule has 0 radical (unpaired) electrons. The third-order valence-electron chi connectivity index (χ3n) is 6.96. The minimum Gasteiger partial charge on any atom is -0.497 e. The van der Waals surface area contributed by atoms with Crippen molar-refractivity contribution in [3.63, 3.8) is 0 Å². The van der Waals surface area contributed by atoms with E-state index in [1.807, 2.05) is 30.0 Å². The van der Waals surface area contributed by atoms with E-state index in [0.717, 1.165) is 55.6 Å². The number of fused-ring (bicyclic) bond motifs is 1. The summed E-state index contributed by atoms with van der Waals surface area (Å²) in [4.78, 5) is 6.90. The Labute approximate surface area is 215 Å². The predicted octanol–water partition coefficient (Wildman–Crippen LogP) is 6.03. The Morgan fingerprint density at radius 3 is 2.82 bits per heavy atom. The molecule has 0 aliphatic carbocycles. The van der Waals surface area contributed by atoms with E-state index in [9.17, 15) is 10.2 Å². The zero-order valence-electron chi connectivity index (χ0n) is 19.6. The number of aliphatic hydroxyl groups excluding tert-OH is 2. The molecule has 2 aromatic heterocycles. The van der Waals surface area contributed by atoms with Crippen LogP contribution in [0.25, 0.3) is 10.9 Å². The summed E-state index contributed by atoms with van der Waals surface area (Å²) in [5, 5.41) is 24.8. The summed E-state index contributed by atoms with van der Waals surface area (Å²) in [5.41, 5.74) is 1.33. The zero-order valence-corrected chi connectivity index (χ0v) is 22.0. The number of piperidine rings is 1. The fourth-order valence-electron chi connectivity index (χ4n) is 4.77. The second kappa shape index (κ2) is 12.1. The third kappa shape index (κ3) is 6.25. The Morgan fingerprint density at radius 1 is 1.29 bits per heavy atom. The molecule has 3 aromatic rings. The maximum Gasteiger partial charge on any atom is 0.119 e. The highest BCUT2D eigenvalue weighted by atomic mass is 35.5. The highest BCUT2D eigenvalue weighted by Crippen LogP contribution is 2.40. The summed E-state index contributed by atoms with van der Waals surface area (Å²) >= 11 is 10.2. The van der Waals surface area contributed by atoms with Gasteiger partial charge in [0.25, 0.3) is 0 Å². The Balaban J connectivity index is 1.31. The number of aromatic nitrogens is 1. The van der Waals surface area contributed by atoms with E-state index >= 15 is 0 Å². The maximum absolute atomic E-state index is 11.1. The summed E-state index contributed by atoms with van der Waals surface area (Å²) in [7, 11) is 1.62. The molecule has 1 saturated heterocycles. The predicted molar refractivity (Wildman–Crippen MR) is 142 cm³/mol. The molecule has 0 amide bonds. The van der Waals surface area contributed by atoms with Crippen LogP contribution in [0.5, 0.6) is 5.75 Å². The van der Waals surface area contributed by atoms with Gasteiger partial charge >= 0.3 is 0 Å². The van der Waals surface area contributed by atoms with Gasteiger partial charge in [0.2, 0.25) is 0 Å². The Bertz CT molecular complexity index is 1060. The smallest absolute Gasteiger partial charge is 0.119 e. The fourth-order valence-corrected chi connectivity index (χ4v) is 6.83. The van der Waals surface area contributed by atoms with E-state index in [1.54, 1.807) is 24.6 Å². The lowest BCUT2D eigenvalue weighted by molar-refractivity contribution is 0.0238. The van der Waals surface area contributed by atoms with Crippen LogP contribution in [0.1, 0.15) is 43.8 Å². The lowest BCUT2D eigenvalue weighted by atomic mass is 9.74. The fraction of sp³-hybridized carbons (Fsp3) is 0.500. The Hall–Kier alpha value is -1.35. The van der Waals surface area contributed by atoms with Crippen molar-refractivity contribution >= 4 is 45.6 Å². The van der Waals surface area contributed by atoms with Crippen LogP contribution in [0.3, 0.4) is 0 Å². The molecule has 4 rings (SSSR count). The number of likely N-dealkylation sites (tertiary alicyclic amines) is 1. The Morgan fingerprint density at radius 2 is 2.12 bits per heavy atom. The molecule has 1 fully saturated rings. The van der Waals surface area contributed by atoms with Gasteiger partial charge < -0.3 is 19.8 Å². The molecular weight excluding hydrogens is 488 g/mol. The van der Waals surface area contributed by atoms with Gasteiger partial charge in [0.1, 0.15) is 5.75 Å². The number of ether oxygens (including phenoxy) is 1. The van der Waals surface area contributed by atoms with Crippen molar-refractivity contribution in [2.24, 2.45) is 5.41 Å². The van der Waals surface area contributed by atoms with Crippen molar-refractivity contribution in [1.29, 1.82) is 0 Å². The van der Waals surface area contributed by atoms with Crippen LogP contribution < -0.4 is 4.74 Å². The van der Waals surface area contributed by atoms with Gasteiger partial charge in [-0.2, -0.15) is 0 Å². The van der Waals surface area contributed by atoms with Crippen molar-refractivity contribution in [3.05, 3.63) is 52.5 Å². The molecule has 34 heavy (non-hydrogen) atoms. The van der Waals surface area contributed by atoms with E-state index in [-0.39, 0.29) is 12.0 Å². The van der Waals surface area contributed by atoms with Crippen LogP contribution in [0.4, 0.5) is 0 Å². The SMILES string of the molecule is COc1ccc2ncc(Cl)c([C@@H](O)CCC3(CO)CCN(CCCSc4cccs4)CC3)c2c1. The van der Waals surface area contributed by atoms with Gasteiger partial charge in [0.15, 0.2) is 0 Å². The molecule has 8 heteroatoms. The molecule has 0 spiro atoms. The van der Waals surface area contributed by atoms with Crippen LogP contribution >= 0.6 is 34.7 Å². The molecule has 1 aliphatic rings. The molecule has 1 aliphatic heterocycles. The number of hydrogen-bond acceptors (Lipinski definition) is 7. The average Bonchev–Trinajstić information content (AvgIpc) is 3.39. The van der Waals surface area contributed by atoms with Gasteiger partial charge in [-0.3, -0.25) is 4.98 Å². The summed E-state index contributed by atoms with van der Waals surface area (Å²) in [6.45, 7) is 3.25. The number of pyridine rings is 1. The quantitative estimate of drug-likeness (QED) is 0.238. The monoisotopic (exact) mass is 520 g/mol. The van der Waals surface area contributed by atoms with E-state index in [4.69, 9.17) is 16.3 Å². The van der Waals surface area contributed by atoms with Crippen molar-refractivity contribution in [2.75, 3.05) is 39.1 Å². The minimum absolute atomic E-state index is 0.143. The van der Waals surface area contributed by atoms with Crippen LogP contribution in [-0.2, 0) is 0 Å². The first-order valence-electron chi connectivity index (χ1n) is 11.8. The largest absolute Gasteiger partial charge is 0.497 e. The number of thiophene rings is 1. The summed E-state index contributed by atoms with van der Waals surface area (Å²) in [6, 6.07) is 9.90. The van der Waals surface area contributed by atoms with E-state index < -0.39 is 6.10 Å². The lowest BCUT2D eigenvalue weighted by Crippen LogP contribution is -2.42. The number of nitrogens with zero attached hydrogens (tertiary/aromatic N) is 2. The van der Waals surface area contributed by atoms with Gasteiger partial charge in [0, 0.05) is 29.5 Å². The lowest BCUT2D eigenvalue weighted by Gasteiger charge is -2.41. The molecule has 1 aromatic carbocycles. The number of rotatable bonds is 11. The van der Waals surface area contributed by atoms with E-state index in [2.05, 4.69) is 27.4 Å². The van der Waals surface area contributed by atoms with Gasteiger partial charge in [-0.05, 0) is 86.8 Å². The molecule has 2 N–H and O–H groups in total. The second-order valence-electron chi connectivity index (χ2n) is 9.09. The molecule has 1 atom stereocenters. The van der Waals surface area contributed by atoms with Crippen LogP contribution in [0.2, 0.25) is 5.02 Å². The first-order chi connectivity index (χ1) is 16.5. The normalized spacial score (nSPS) is 17.2. The van der Waals surface area contributed by atoms with Gasteiger partial charge in [-0.15, -0.1) is 23.1 Å². The van der Waals surface area contributed by atoms with E-state index in [1.165, 1.54) is 10.6 Å². The number of methoxy groups -OCH3 is 1. The van der Waals surface area contributed by atoms with Crippen LogP contribution in [-0.4, -0.2) is 59.2 Å². The molecule has 0 bridgehead atoms. The summed E-state index contributed by atoms with van der Waals surface area (Å²) in [5.74, 6) is 1.85. The van der Waals surface area contributed by atoms with Gasteiger partial charge in [0.05, 0.1) is 28.0 Å². The van der Waals surface area contributed by atoms with Crippen LogP contribution in [0, 0.1) is 5.41 Å². The highest BCUT2D eigenvalue weighted by Gasteiger charge is 2.34. The first kappa shape index (κ1) is 25.7. The molecule has 3 heterocycles. The molecule has 5 nitrogen and oxygen atoms in total.